The quantitative estimate of drug-likeness (QED) is 0.184. The highest BCUT2D eigenvalue weighted by atomic mass is 16.3. The van der Waals surface area contributed by atoms with Crippen molar-refractivity contribution < 1.29 is 4.42 Å². The molecule has 0 aliphatic heterocycles. The lowest BCUT2D eigenvalue weighted by Crippen LogP contribution is -1.93. The van der Waals surface area contributed by atoms with Crippen molar-refractivity contribution in [1.29, 1.82) is 0 Å². The van der Waals surface area contributed by atoms with Crippen LogP contribution >= 0.6 is 0 Å². The highest BCUT2D eigenvalue weighted by Crippen LogP contribution is 2.39. The van der Waals surface area contributed by atoms with Crippen LogP contribution in [0.4, 0.5) is 0 Å². The summed E-state index contributed by atoms with van der Waals surface area (Å²) < 4.78 is 6.12. The Balaban J connectivity index is 1.21. The molecular weight excluding hydrogens is 595 g/mol. The molecule has 9 aromatic rings. The fourth-order valence-electron chi connectivity index (χ4n) is 6.82. The van der Waals surface area contributed by atoms with Crippen molar-refractivity contribution in [2.45, 2.75) is 0 Å². The third-order valence-electron chi connectivity index (χ3n) is 9.29. The van der Waals surface area contributed by atoms with E-state index in [4.69, 9.17) is 9.40 Å². The van der Waals surface area contributed by atoms with Crippen LogP contribution in [0.15, 0.2) is 192 Å². The molecular formula is C47H31NO. The summed E-state index contributed by atoms with van der Waals surface area (Å²) >= 11 is 0. The lowest BCUT2D eigenvalue weighted by molar-refractivity contribution is 0.669. The number of furan rings is 1. The number of rotatable bonds is 6. The number of hydrogen-bond acceptors (Lipinski definition) is 2. The highest BCUT2D eigenvalue weighted by molar-refractivity contribution is 6.06. The second kappa shape index (κ2) is 12.3. The average Bonchev–Trinajstić information content (AvgIpc) is 3.57. The molecule has 9 rings (SSSR count). The molecule has 0 saturated heterocycles. The number of nitrogens with zero attached hydrogens (tertiary/aromatic N) is 1. The monoisotopic (exact) mass is 625 g/mol. The van der Waals surface area contributed by atoms with Crippen LogP contribution in [0.5, 0.6) is 0 Å². The topological polar surface area (TPSA) is 26.0 Å². The van der Waals surface area contributed by atoms with Gasteiger partial charge >= 0.3 is 0 Å². The van der Waals surface area contributed by atoms with E-state index in [1.807, 2.05) is 18.2 Å². The summed E-state index contributed by atoms with van der Waals surface area (Å²) in [7, 11) is 0. The summed E-state index contributed by atoms with van der Waals surface area (Å²) in [5.74, 6) is 0. The largest absolute Gasteiger partial charge is 0.456 e. The van der Waals surface area contributed by atoms with Gasteiger partial charge < -0.3 is 4.42 Å². The SMILES string of the molecule is c1ccc(-c2cc(-c3ccccc3)nc(-c3ccc(-c4ccccc4)c(-c4cccc(-c5ccc6oc7ccccc7c6c5)c4)c3)c2)cc1. The Morgan fingerprint density at radius 2 is 0.857 bits per heavy atom. The highest BCUT2D eigenvalue weighted by Gasteiger charge is 2.15. The molecule has 0 saturated carbocycles. The van der Waals surface area contributed by atoms with Crippen LogP contribution < -0.4 is 0 Å². The van der Waals surface area contributed by atoms with Gasteiger partial charge in [0, 0.05) is 21.9 Å². The number of hydrogen-bond donors (Lipinski definition) is 0. The van der Waals surface area contributed by atoms with Crippen molar-refractivity contribution in [1.82, 2.24) is 4.98 Å². The third kappa shape index (κ3) is 5.50. The van der Waals surface area contributed by atoms with Crippen molar-refractivity contribution >= 4 is 21.9 Å². The van der Waals surface area contributed by atoms with E-state index in [2.05, 4.69) is 170 Å². The van der Waals surface area contributed by atoms with Gasteiger partial charge in [-0.25, -0.2) is 4.98 Å². The molecule has 2 heterocycles. The predicted molar refractivity (Wildman–Crippen MR) is 204 cm³/mol. The zero-order valence-electron chi connectivity index (χ0n) is 26.8. The molecule has 230 valence electrons. The van der Waals surface area contributed by atoms with Crippen LogP contribution in [-0.4, -0.2) is 4.98 Å². The zero-order chi connectivity index (χ0) is 32.6. The Kier molecular flexibility index (Phi) is 7.18. The van der Waals surface area contributed by atoms with E-state index >= 15 is 0 Å². The van der Waals surface area contributed by atoms with Crippen LogP contribution in [0.2, 0.25) is 0 Å². The molecule has 0 N–H and O–H groups in total. The molecule has 2 nitrogen and oxygen atoms in total. The van der Waals surface area contributed by atoms with E-state index < -0.39 is 0 Å². The van der Waals surface area contributed by atoms with Crippen molar-refractivity contribution in [3.63, 3.8) is 0 Å². The Labute approximate surface area is 285 Å². The van der Waals surface area contributed by atoms with Gasteiger partial charge in [-0.3, -0.25) is 0 Å². The number of benzene rings is 7. The van der Waals surface area contributed by atoms with E-state index in [0.29, 0.717) is 0 Å². The van der Waals surface area contributed by atoms with Gasteiger partial charge in [0.15, 0.2) is 0 Å². The average molecular weight is 626 g/mol. The fourth-order valence-corrected chi connectivity index (χ4v) is 6.82. The van der Waals surface area contributed by atoms with E-state index in [1.165, 1.54) is 16.7 Å². The first kappa shape index (κ1) is 28.7. The minimum atomic E-state index is 0.903. The molecule has 0 atom stereocenters. The lowest BCUT2D eigenvalue weighted by Gasteiger charge is -2.15. The van der Waals surface area contributed by atoms with Gasteiger partial charge in [-0.05, 0) is 87.0 Å². The molecule has 0 aliphatic carbocycles. The maximum Gasteiger partial charge on any atom is 0.135 e. The predicted octanol–water partition coefficient (Wildman–Crippen LogP) is 13.0. The van der Waals surface area contributed by atoms with Crippen LogP contribution in [0.3, 0.4) is 0 Å². The van der Waals surface area contributed by atoms with Gasteiger partial charge in [-0.15, -0.1) is 0 Å². The summed E-state index contributed by atoms with van der Waals surface area (Å²) in [5.41, 5.74) is 15.2. The van der Waals surface area contributed by atoms with Crippen LogP contribution in [-0.2, 0) is 0 Å². The summed E-state index contributed by atoms with van der Waals surface area (Å²) in [6.45, 7) is 0. The number of para-hydroxylation sites is 1. The van der Waals surface area contributed by atoms with Gasteiger partial charge in [0.25, 0.3) is 0 Å². The van der Waals surface area contributed by atoms with E-state index in [1.54, 1.807) is 0 Å². The van der Waals surface area contributed by atoms with Gasteiger partial charge in [0.05, 0.1) is 11.4 Å². The fraction of sp³-hybridized carbons (Fsp3) is 0. The summed E-state index contributed by atoms with van der Waals surface area (Å²) in [6.07, 6.45) is 0. The Morgan fingerprint density at radius 3 is 1.63 bits per heavy atom. The number of pyridine rings is 1. The molecule has 2 heteroatoms. The van der Waals surface area contributed by atoms with Gasteiger partial charge in [0.2, 0.25) is 0 Å². The smallest absolute Gasteiger partial charge is 0.135 e. The third-order valence-corrected chi connectivity index (χ3v) is 9.29. The normalized spacial score (nSPS) is 11.3. The van der Waals surface area contributed by atoms with Crippen LogP contribution in [0.25, 0.3) is 89.0 Å². The molecule has 0 unspecified atom stereocenters. The van der Waals surface area contributed by atoms with E-state index in [-0.39, 0.29) is 0 Å². The van der Waals surface area contributed by atoms with Crippen molar-refractivity contribution in [3.8, 4) is 67.0 Å². The van der Waals surface area contributed by atoms with Gasteiger partial charge in [0.1, 0.15) is 11.2 Å². The number of aromatic nitrogens is 1. The lowest BCUT2D eigenvalue weighted by atomic mass is 9.90. The molecule has 7 aromatic carbocycles. The molecule has 49 heavy (non-hydrogen) atoms. The molecule has 0 aliphatic rings. The Bertz CT molecular complexity index is 2530. The minimum Gasteiger partial charge on any atom is -0.456 e. The summed E-state index contributed by atoms with van der Waals surface area (Å²) in [6, 6.07) is 66.4. The minimum absolute atomic E-state index is 0.903. The van der Waals surface area contributed by atoms with Crippen molar-refractivity contribution in [2.24, 2.45) is 0 Å². The second-order valence-electron chi connectivity index (χ2n) is 12.4. The summed E-state index contributed by atoms with van der Waals surface area (Å²) in [4.78, 5) is 5.24. The second-order valence-corrected chi connectivity index (χ2v) is 12.4. The Morgan fingerprint density at radius 1 is 0.286 bits per heavy atom. The van der Waals surface area contributed by atoms with Crippen LogP contribution in [0, 0.1) is 0 Å². The molecule has 0 bridgehead atoms. The van der Waals surface area contributed by atoms with Crippen molar-refractivity contribution in [2.75, 3.05) is 0 Å². The van der Waals surface area contributed by atoms with Crippen molar-refractivity contribution in [3.05, 3.63) is 188 Å². The number of fused-ring (bicyclic) bond motifs is 3. The standard InChI is InChI=1S/C47H31NO/c1-4-13-32(14-5-1)39-30-44(34-17-8-3-9-18-34)48-45(31-39)38-23-25-40(33-15-6-2-7-16-33)42(29-38)37-20-12-19-35(27-37)36-24-26-47-43(28-36)41-21-10-11-22-46(41)49-47/h1-31H. The molecule has 0 spiro atoms. The Hall–Kier alpha value is -6.51. The van der Waals surface area contributed by atoms with Crippen LogP contribution in [0.1, 0.15) is 0 Å². The first-order chi connectivity index (χ1) is 24.3. The molecule has 0 fully saturated rings. The molecule has 0 amide bonds. The molecule has 0 radical (unpaired) electrons. The van der Waals surface area contributed by atoms with E-state index in [9.17, 15) is 0 Å². The summed E-state index contributed by atoms with van der Waals surface area (Å²) in [5, 5.41) is 2.26. The van der Waals surface area contributed by atoms with Gasteiger partial charge in [-0.2, -0.15) is 0 Å². The maximum absolute atomic E-state index is 6.12. The first-order valence-electron chi connectivity index (χ1n) is 16.6. The maximum atomic E-state index is 6.12. The first-order valence-corrected chi connectivity index (χ1v) is 16.6. The molecule has 2 aromatic heterocycles. The van der Waals surface area contributed by atoms with Gasteiger partial charge in [-0.1, -0.05) is 146 Å². The zero-order valence-corrected chi connectivity index (χ0v) is 26.8. The van der Waals surface area contributed by atoms with E-state index in [0.717, 1.165) is 72.3 Å².